The van der Waals surface area contributed by atoms with Gasteiger partial charge in [0.2, 0.25) is 0 Å². The minimum Gasteiger partial charge on any atom is -0.353 e. The van der Waals surface area contributed by atoms with Crippen LogP contribution in [-0.4, -0.2) is 50.9 Å². The van der Waals surface area contributed by atoms with Crippen molar-refractivity contribution in [2.75, 3.05) is 31.1 Å². The largest absolute Gasteiger partial charge is 0.353 e. The molecule has 1 atom stereocenters. The average Bonchev–Trinajstić information content (AvgIpc) is 3.02. The number of rotatable bonds is 3. The Morgan fingerprint density at radius 2 is 1.68 bits per heavy atom. The second-order valence-corrected chi connectivity index (χ2v) is 6.46. The fourth-order valence-electron chi connectivity index (χ4n) is 3.35. The number of hydrogen-bond donors (Lipinski definition) is 0. The Morgan fingerprint density at radius 1 is 0.960 bits per heavy atom. The molecule has 2 aromatic heterocycles. The fraction of sp³-hybridized carbons (Fsp3) is 0.389. The van der Waals surface area contributed by atoms with Gasteiger partial charge in [-0.3, -0.25) is 4.90 Å². The van der Waals surface area contributed by atoms with E-state index in [1.54, 1.807) is 4.52 Å². The predicted molar refractivity (Wildman–Crippen MR) is 94.1 cm³/mol. The van der Waals surface area contributed by atoms with Crippen molar-refractivity contribution in [3.8, 4) is 0 Å². The summed E-state index contributed by atoms with van der Waals surface area (Å²) in [5.41, 5.74) is 1.92. The lowest BCUT2D eigenvalue weighted by molar-refractivity contribution is 0.198. The highest BCUT2D eigenvalue weighted by molar-refractivity contribution is 5.46. The fourth-order valence-corrected chi connectivity index (χ4v) is 3.35. The van der Waals surface area contributed by atoms with Gasteiger partial charge in [-0.05, 0) is 43.7 Å². The molecule has 1 aliphatic rings. The minimum absolute atomic E-state index is 0.188. The number of anilines is 1. The quantitative estimate of drug-likeness (QED) is 0.733. The van der Waals surface area contributed by atoms with E-state index in [1.807, 2.05) is 31.2 Å². The molecular weight excluding hydrogens is 319 g/mol. The van der Waals surface area contributed by atoms with Crippen molar-refractivity contribution in [3.63, 3.8) is 0 Å². The summed E-state index contributed by atoms with van der Waals surface area (Å²) in [7, 11) is 0. The first-order valence-electron chi connectivity index (χ1n) is 8.55. The highest BCUT2D eigenvalue weighted by Crippen LogP contribution is 2.23. The molecule has 1 aliphatic heterocycles. The summed E-state index contributed by atoms with van der Waals surface area (Å²) in [5.74, 6) is 1.55. The molecule has 1 aromatic carbocycles. The van der Waals surface area contributed by atoms with Crippen molar-refractivity contribution in [1.29, 1.82) is 0 Å². The Morgan fingerprint density at radius 3 is 2.40 bits per heavy atom. The van der Waals surface area contributed by atoms with Gasteiger partial charge in [-0.25, -0.2) is 4.39 Å². The van der Waals surface area contributed by atoms with E-state index in [1.165, 1.54) is 12.1 Å². The summed E-state index contributed by atoms with van der Waals surface area (Å²) >= 11 is 0. The molecular formula is C18H21FN6. The topological polar surface area (TPSA) is 49.6 Å². The van der Waals surface area contributed by atoms with Crippen LogP contribution in [0.2, 0.25) is 0 Å². The molecule has 1 fully saturated rings. The third-order valence-corrected chi connectivity index (χ3v) is 4.94. The van der Waals surface area contributed by atoms with Crippen molar-refractivity contribution in [1.82, 2.24) is 24.7 Å². The average molecular weight is 340 g/mol. The van der Waals surface area contributed by atoms with Gasteiger partial charge in [-0.15, -0.1) is 15.3 Å². The summed E-state index contributed by atoms with van der Waals surface area (Å²) in [6, 6.07) is 11.0. The number of aromatic nitrogens is 4. The first-order valence-corrected chi connectivity index (χ1v) is 8.55. The summed E-state index contributed by atoms with van der Waals surface area (Å²) in [6.45, 7) is 7.78. The first kappa shape index (κ1) is 16.0. The second kappa shape index (κ2) is 6.40. The zero-order valence-corrected chi connectivity index (χ0v) is 14.4. The van der Waals surface area contributed by atoms with Crippen molar-refractivity contribution >= 4 is 11.5 Å². The van der Waals surface area contributed by atoms with Crippen LogP contribution in [0.25, 0.3) is 5.65 Å². The number of piperazine rings is 1. The number of hydrogen-bond acceptors (Lipinski definition) is 5. The molecule has 0 N–H and O–H groups in total. The molecule has 130 valence electrons. The van der Waals surface area contributed by atoms with Gasteiger partial charge in [0.1, 0.15) is 11.6 Å². The molecule has 0 unspecified atom stereocenters. The van der Waals surface area contributed by atoms with Crippen molar-refractivity contribution in [2.45, 2.75) is 19.9 Å². The molecule has 1 saturated heterocycles. The Labute approximate surface area is 145 Å². The maximum Gasteiger partial charge on any atom is 0.178 e. The maximum absolute atomic E-state index is 13.1. The third-order valence-electron chi connectivity index (χ3n) is 4.94. The third kappa shape index (κ3) is 3.07. The normalized spacial score (nSPS) is 17.2. The van der Waals surface area contributed by atoms with E-state index in [-0.39, 0.29) is 11.9 Å². The SMILES string of the molecule is Cc1nnc2ccc(N3CCN([C@H](C)c4ccc(F)cc4)CC3)nn12. The molecule has 6 nitrogen and oxygen atoms in total. The molecule has 0 spiro atoms. The van der Waals surface area contributed by atoms with Crippen LogP contribution in [0, 0.1) is 12.7 Å². The minimum atomic E-state index is -0.188. The summed E-state index contributed by atoms with van der Waals surface area (Å²) < 4.78 is 14.9. The maximum atomic E-state index is 13.1. The van der Waals surface area contributed by atoms with Crippen LogP contribution in [0.3, 0.4) is 0 Å². The van der Waals surface area contributed by atoms with Gasteiger partial charge in [0, 0.05) is 32.2 Å². The lowest BCUT2D eigenvalue weighted by Crippen LogP contribution is -2.47. The van der Waals surface area contributed by atoms with Crippen LogP contribution in [0.5, 0.6) is 0 Å². The summed E-state index contributed by atoms with van der Waals surface area (Å²) in [5, 5.41) is 12.8. The van der Waals surface area contributed by atoms with E-state index < -0.39 is 0 Å². The molecule has 3 heterocycles. The van der Waals surface area contributed by atoms with Gasteiger partial charge in [-0.2, -0.15) is 4.52 Å². The number of nitrogens with zero attached hydrogens (tertiary/aromatic N) is 6. The van der Waals surface area contributed by atoms with E-state index in [0.717, 1.165) is 49.0 Å². The number of halogens is 1. The number of aryl methyl sites for hydroxylation is 1. The Kier molecular flexibility index (Phi) is 4.09. The van der Waals surface area contributed by atoms with E-state index in [2.05, 4.69) is 32.0 Å². The van der Waals surface area contributed by atoms with Crippen LogP contribution >= 0.6 is 0 Å². The Bertz CT molecular complexity index is 867. The van der Waals surface area contributed by atoms with Crippen LogP contribution in [0.15, 0.2) is 36.4 Å². The van der Waals surface area contributed by atoms with Crippen LogP contribution < -0.4 is 4.90 Å². The summed E-state index contributed by atoms with van der Waals surface area (Å²) in [4.78, 5) is 4.71. The standard InChI is InChI=1S/C18H21FN6/c1-13(15-3-5-16(19)6-4-15)23-9-11-24(12-10-23)18-8-7-17-21-20-14(2)25(17)22-18/h3-8,13H,9-12H2,1-2H3/t13-/m1/s1. The second-order valence-electron chi connectivity index (χ2n) is 6.46. The van der Waals surface area contributed by atoms with Gasteiger partial charge in [0.05, 0.1) is 0 Å². The number of fused-ring (bicyclic) bond motifs is 1. The lowest BCUT2D eigenvalue weighted by Gasteiger charge is -2.38. The van der Waals surface area contributed by atoms with Crippen LogP contribution in [-0.2, 0) is 0 Å². The van der Waals surface area contributed by atoms with Crippen LogP contribution in [0.4, 0.5) is 10.2 Å². The molecule has 0 aliphatic carbocycles. The molecule has 0 bridgehead atoms. The molecule has 4 rings (SSSR count). The van der Waals surface area contributed by atoms with Crippen LogP contribution in [0.1, 0.15) is 24.4 Å². The predicted octanol–water partition coefficient (Wildman–Crippen LogP) is 2.46. The molecule has 0 radical (unpaired) electrons. The highest BCUT2D eigenvalue weighted by atomic mass is 19.1. The van der Waals surface area contributed by atoms with E-state index in [0.29, 0.717) is 0 Å². The van der Waals surface area contributed by atoms with E-state index in [9.17, 15) is 4.39 Å². The molecule has 0 saturated carbocycles. The Balaban J connectivity index is 1.45. The molecule has 3 aromatic rings. The molecule has 7 heteroatoms. The number of benzene rings is 1. The molecule has 25 heavy (non-hydrogen) atoms. The monoisotopic (exact) mass is 340 g/mol. The Hall–Kier alpha value is -2.54. The van der Waals surface area contributed by atoms with Gasteiger partial charge in [0.25, 0.3) is 0 Å². The van der Waals surface area contributed by atoms with E-state index >= 15 is 0 Å². The van der Waals surface area contributed by atoms with Crippen molar-refractivity contribution in [2.24, 2.45) is 0 Å². The lowest BCUT2D eigenvalue weighted by atomic mass is 10.1. The zero-order valence-electron chi connectivity index (χ0n) is 14.4. The van der Waals surface area contributed by atoms with Gasteiger partial charge >= 0.3 is 0 Å². The first-order chi connectivity index (χ1) is 12.1. The molecule has 0 amide bonds. The smallest absolute Gasteiger partial charge is 0.178 e. The van der Waals surface area contributed by atoms with Gasteiger partial charge in [0.15, 0.2) is 11.5 Å². The van der Waals surface area contributed by atoms with Crippen molar-refractivity contribution < 1.29 is 4.39 Å². The van der Waals surface area contributed by atoms with Crippen molar-refractivity contribution in [3.05, 3.63) is 53.6 Å². The highest BCUT2D eigenvalue weighted by Gasteiger charge is 2.23. The summed E-state index contributed by atoms with van der Waals surface area (Å²) in [6.07, 6.45) is 0. The van der Waals surface area contributed by atoms with Gasteiger partial charge < -0.3 is 4.90 Å². The zero-order chi connectivity index (χ0) is 17.4. The van der Waals surface area contributed by atoms with E-state index in [4.69, 9.17) is 0 Å². The van der Waals surface area contributed by atoms with Gasteiger partial charge in [-0.1, -0.05) is 12.1 Å².